The zero-order chi connectivity index (χ0) is 24.9. The number of halogens is 1. The van der Waals surface area contributed by atoms with Gasteiger partial charge in [0.15, 0.2) is 0 Å². The molecule has 10 heteroatoms. The lowest BCUT2D eigenvalue weighted by Crippen LogP contribution is -2.27. The van der Waals surface area contributed by atoms with Crippen molar-refractivity contribution in [2.45, 2.75) is 30.0 Å². The molecule has 1 amide bonds. The van der Waals surface area contributed by atoms with Crippen LogP contribution in [-0.2, 0) is 11.3 Å². The number of anilines is 1. The van der Waals surface area contributed by atoms with Gasteiger partial charge >= 0.3 is 5.97 Å². The number of hydrogen-bond donors (Lipinski definition) is 2. The maximum Gasteiger partial charge on any atom is 0.317 e. The minimum Gasteiger partial charge on any atom is -0.480 e. The second kappa shape index (κ2) is 10.5. The number of thioether (sulfide) groups is 1. The summed E-state index contributed by atoms with van der Waals surface area (Å²) in [6.45, 7) is 1.95. The number of aromatic nitrogens is 3. The number of benzene rings is 3. The van der Waals surface area contributed by atoms with Gasteiger partial charge in [-0.05, 0) is 67.9 Å². The highest BCUT2D eigenvalue weighted by Crippen LogP contribution is 2.27. The van der Waals surface area contributed by atoms with Gasteiger partial charge in [0.2, 0.25) is 0 Å². The lowest BCUT2D eigenvalue weighted by atomic mass is 10.1. The van der Waals surface area contributed by atoms with Gasteiger partial charge in [0, 0.05) is 22.7 Å². The molecule has 3 aromatic carbocycles. The summed E-state index contributed by atoms with van der Waals surface area (Å²) in [6.07, 6.45) is 0.0985. The van der Waals surface area contributed by atoms with Gasteiger partial charge < -0.3 is 10.4 Å². The quantitative estimate of drug-likeness (QED) is 0.356. The van der Waals surface area contributed by atoms with Gasteiger partial charge in [-0.25, -0.2) is 9.07 Å². The molecule has 0 radical (unpaired) electrons. The van der Waals surface area contributed by atoms with E-state index in [-0.39, 0.29) is 29.8 Å². The molecule has 1 atom stereocenters. The molecular weight excluding hydrogens is 471 g/mol. The molecule has 178 valence electrons. The van der Waals surface area contributed by atoms with Gasteiger partial charge in [-0.1, -0.05) is 22.9 Å². The van der Waals surface area contributed by atoms with Crippen LogP contribution in [0.25, 0.3) is 10.9 Å². The van der Waals surface area contributed by atoms with E-state index < -0.39 is 22.6 Å². The van der Waals surface area contributed by atoms with Crippen molar-refractivity contribution in [3.05, 3.63) is 94.0 Å². The fourth-order valence-corrected chi connectivity index (χ4v) is 4.30. The SMILES string of the molecule is Cc1ccc(C(=O)Nc2ccc(SC(CCn3nnc4ccc(F)cc4c3=O)C(=O)O)cc2)cc1. The first kappa shape index (κ1) is 24.1. The number of amides is 1. The van der Waals surface area contributed by atoms with Crippen LogP contribution in [0.1, 0.15) is 22.3 Å². The predicted molar refractivity (Wildman–Crippen MR) is 131 cm³/mol. The van der Waals surface area contributed by atoms with Crippen molar-refractivity contribution in [1.82, 2.24) is 15.0 Å². The lowest BCUT2D eigenvalue weighted by Gasteiger charge is -2.13. The molecule has 0 saturated heterocycles. The van der Waals surface area contributed by atoms with Gasteiger partial charge in [0.1, 0.15) is 16.6 Å². The van der Waals surface area contributed by atoms with Crippen molar-refractivity contribution in [3.8, 4) is 0 Å². The smallest absolute Gasteiger partial charge is 0.317 e. The number of carboxylic acids is 1. The number of nitrogens with zero attached hydrogens (tertiary/aromatic N) is 3. The number of aliphatic carboxylic acids is 1. The van der Waals surface area contributed by atoms with E-state index in [1.165, 1.54) is 12.1 Å². The first-order valence-electron chi connectivity index (χ1n) is 10.7. The third-order valence-corrected chi connectivity index (χ3v) is 6.53. The summed E-state index contributed by atoms with van der Waals surface area (Å²) >= 11 is 1.12. The Hall–Kier alpha value is -4.05. The van der Waals surface area contributed by atoms with E-state index in [0.717, 1.165) is 28.1 Å². The summed E-state index contributed by atoms with van der Waals surface area (Å²) in [5.41, 5.74) is 1.91. The Bertz CT molecular complexity index is 1440. The third kappa shape index (κ3) is 5.90. The topological polar surface area (TPSA) is 114 Å². The third-order valence-electron chi connectivity index (χ3n) is 5.27. The van der Waals surface area contributed by atoms with Crippen molar-refractivity contribution in [3.63, 3.8) is 0 Å². The molecule has 8 nitrogen and oxygen atoms in total. The van der Waals surface area contributed by atoms with Crippen LogP contribution < -0.4 is 10.9 Å². The van der Waals surface area contributed by atoms with Crippen molar-refractivity contribution in [1.29, 1.82) is 0 Å². The fraction of sp³-hybridized carbons (Fsp3) is 0.160. The van der Waals surface area contributed by atoms with Gasteiger partial charge in [0.25, 0.3) is 11.5 Å². The van der Waals surface area contributed by atoms with E-state index in [1.54, 1.807) is 36.4 Å². The molecule has 0 aliphatic carbocycles. The van der Waals surface area contributed by atoms with Gasteiger partial charge in [-0.3, -0.25) is 14.4 Å². The summed E-state index contributed by atoms with van der Waals surface area (Å²) < 4.78 is 14.6. The number of hydrogen-bond acceptors (Lipinski definition) is 6. The molecule has 0 bridgehead atoms. The Kier molecular flexibility index (Phi) is 7.21. The van der Waals surface area contributed by atoms with Crippen LogP contribution in [0.5, 0.6) is 0 Å². The number of nitrogens with one attached hydrogen (secondary N) is 1. The lowest BCUT2D eigenvalue weighted by molar-refractivity contribution is -0.136. The molecule has 2 N–H and O–H groups in total. The van der Waals surface area contributed by atoms with Crippen LogP contribution in [0.2, 0.25) is 0 Å². The van der Waals surface area contributed by atoms with Crippen LogP contribution >= 0.6 is 11.8 Å². The minimum absolute atomic E-state index is 0.00689. The second-order valence-corrected chi connectivity index (χ2v) is 9.13. The zero-order valence-electron chi connectivity index (χ0n) is 18.6. The monoisotopic (exact) mass is 492 g/mol. The Balaban J connectivity index is 1.40. The van der Waals surface area contributed by atoms with E-state index in [1.807, 2.05) is 19.1 Å². The molecule has 1 heterocycles. The van der Waals surface area contributed by atoms with Crippen LogP contribution in [0.4, 0.5) is 10.1 Å². The van der Waals surface area contributed by atoms with Crippen molar-refractivity contribution >= 4 is 40.2 Å². The first-order chi connectivity index (χ1) is 16.8. The van der Waals surface area contributed by atoms with Crippen LogP contribution in [0.3, 0.4) is 0 Å². The summed E-state index contributed by atoms with van der Waals surface area (Å²) in [4.78, 5) is 37.4. The van der Waals surface area contributed by atoms with Gasteiger partial charge in [-0.15, -0.1) is 16.9 Å². The van der Waals surface area contributed by atoms with Gasteiger partial charge in [0.05, 0.1) is 5.39 Å². The molecule has 4 rings (SSSR count). The van der Waals surface area contributed by atoms with E-state index >= 15 is 0 Å². The molecule has 0 fully saturated rings. The molecule has 4 aromatic rings. The van der Waals surface area contributed by atoms with Crippen molar-refractivity contribution in [2.24, 2.45) is 0 Å². The maximum absolute atomic E-state index is 13.5. The molecule has 0 aliphatic rings. The average molecular weight is 493 g/mol. The summed E-state index contributed by atoms with van der Waals surface area (Å²) in [6, 6.07) is 17.7. The molecule has 0 spiro atoms. The predicted octanol–water partition coefficient (Wildman–Crippen LogP) is 4.13. The Morgan fingerprint density at radius 1 is 1.09 bits per heavy atom. The number of carboxylic acid groups (broad SMARTS) is 1. The maximum atomic E-state index is 13.5. The molecule has 1 unspecified atom stereocenters. The highest BCUT2D eigenvalue weighted by Gasteiger charge is 2.20. The number of rotatable bonds is 8. The summed E-state index contributed by atoms with van der Waals surface area (Å²) in [5, 5.41) is 19.4. The van der Waals surface area contributed by atoms with Crippen LogP contribution in [0, 0.1) is 12.7 Å². The normalized spacial score (nSPS) is 11.8. The highest BCUT2D eigenvalue weighted by molar-refractivity contribution is 8.00. The first-order valence-corrected chi connectivity index (χ1v) is 11.6. The van der Waals surface area contributed by atoms with E-state index in [0.29, 0.717) is 16.1 Å². The number of carbonyl (C=O) groups excluding carboxylic acids is 1. The summed E-state index contributed by atoms with van der Waals surface area (Å²) in [7, 11) is 0. The molecular formula is C25H21FN4O4S. The van der Waals surface area contributed by atoms with Crippen LogP contribution in [-0.4, -0.2) is 37.2 Å². The highest BCUT2D eigenvalue weighted by atomic mass is 32.2. The van der Waals surface area contributed by atoms with E-state index in [9.17, 15) is 23.9 Å². The summed E-state index contributed by atoms with van der Waals surface area (Å²) in [5.74, 6) is -1.85. The average Bonchev–Trinajstić information content (AvgIpc) is 2.84. The van der Waals surface area contributed by atoms with Gasteiger partial charge in [-0.2, -0.15) is 0 Å². The Morgan fingerprint density at radius 2 is 1.80 bits per heavy atom. The molecule has 0 aliphatic heterocycles. The van der Waals surface area contributed by atoms with Crippen molar-refractivity contribution in [2.75, 3.05) is 5.32 Å². The number of fused-ring (bicyclic) bond motifs is 1. The van der Waals surface area contributed by atoms with Crippen LogP contribution in [0.15, 0.2) is 76.4 Å². The minimum atomic E-state index is -1.04. The molecule has 0 saturated carbocycles. The van der Waals surface area contributed by atoms with Crippen molar-refractivity contribution < 1.29 is 19.1 Å². The Morgan fingerprint density at radius 3 is 2.49 bits per heavy atom. The number of carbonyl (C=O) groups is 2. The Labute approximate surface area is 203 Å². The zero-order valence-corrected chi connectivity index (χ0v) is 19.5. The standard InChI is InChI=1S/C25H21FN4O4S/c1-15-2-4-16(5-3-15)23(31)27-18-7-9-19(10-8-18)35-22(25(33)34)12-13-30-24(32)20-14-17(26)6-11-21(20)28-29-30/h2-11,14,22H,12-13H2,1H3,(H,27,31)(H,33,34). The molecule has 1 aromatic heterocycles. The molecule has 35 heavy (non-hydrogen) atoms. The number of aryl methyl sites for hydroxylation is 2. The fourth-order valence-electron chi connectivity index (χ4n) is 3.36. The largest absolute Gasteiger partial charge is 0.480 e. The van der Waals surface area contributed by atoms with E-state index in [2.05, 4.69) is 15.6 Å². The van der Waals surface area contributed by atoms with E-state index in [4.69, 9.17) is 0 Å². The second-order valence-electron chi connectivity index (χ2n) is 7.86.